The molecule has 23 heavy (non-hydrogen) atoms. The second-order valence-corrected chi connectivity index (χ2v) is 7.10. The van der Waals surface area contributed by atoms with E-state index in [-0.39, 0.29) is 11.4 Å². The molecule has 2 aromatic rings. The number of fused-ring (bicyclic) bond motifs is 1. The molecule has 2 aromatic heterocycles. The molecule has 6 nitrogen and oxygen atoms in total. The maximum atomic E-state index is 12.3. The fourth-order valence-electron chi connectivity index (χ4n) is 2.94. The average Bonchev–Trinajstić information content (AvgIpc) is 3.15. The third-order valence-electron chi connectivity index (χ3n) is 4.69. The summed E-state index contributed by atoms with van der Waals surface area (Å²) in [5.41, 5.74) is 0.799. The number of thiazole rings is 1. The number of hydrogen-bond acceptors (Lipinski definition) is 5. The second kappa shape index (κ2) is 6.98. The van der Waals surface area contributed by atoms with E-state index in [0.29, 0.717) is 13.0 Å². The molecule has 3 rings (SSSR count). The minimum atomic E-state index is -0.0199. The zero-order valence-electron chi connectivity index (χ0n) is 13.7. The van der Waals surface area contributed by atoms with Crippen molar-refractivity contribution < 1.29 is 9.53 Å². The molecule has 1 saturated heterocycles. The Labute approximate surface area is 140 Å². The minimum Gasteiger partial charge on any atom is -0.379 e. The molecule has 1 atom stereocenters. The number of hydrogen-bond donors (Lipinski definition) is 1. The van der Waals surface area contributed by atoms with E-state index in [1.807, 2.05) is 22.2 Å². The van der Waals surface area contributed by atoms with Crippen molar-refractivity contribution in [1.82, 2.24) is 19.6 Å². The average molecular weight is 336 g/mol. The van der Waals surface area contributed by atoms with Crippen LogP contribution in [0, 0.1) is 0 Å². The first-order valence-electron chi connectivity index (χ1n) is 8.11. The Kier molecular flexibility index (Phi) is 4.99. The van der Waals surface area contributed by atoms with Crippen LogP contribution in [0.2, 0.25) is 0 Å². The van der Waals surface area contributed by atoms with Gasteiger partial charge in [-0.1, -0.05) is 6.92 Å². The molecule has 1 fully saturated rings. The SMILES string of the molecule is CC[C@@](C)(CNC(=O)Cc1cn2ccsc2n1)N1CCOCC1. The molecule has 126 valence electrons. The van der Waals surface area contributed by atoms with Crippen LogP contribution in [0.1, 0.15) is 26.0 Å². The Morgan fingerprint density at radius 2 is 2.26 bits per heavy atom. The summed E-state index contributed by atoms with van der Waals surface area (Å²) in [5, 5.41) is 5.08. The van der Waals surface area contributed by atoms with Gasteiger partial charge in [-0.15, -0.1) is 11.3 Å². The van der Waals surface area contributed by atoms with E-state index >= 15 is 0 Å². The van der Waals surface area contributed by atoms with Crippen molar-refractivity contribution in [2.75, 3.05) is 32.8 Å². The van der Waals surface area contributed by atoms with E-state index < -0.39 is 0 Å². The van der Waals surface area contributed by atoms with Crippen LogP contribution in [0.25, 0.3) is 4.96 Å². The first kappa shape index (κ1) is 16.4. The van der Waals surface area contributed by atoms with Gasteiger partial charge in [0, 0.05) is 42.9 Å². The summed E-state index contributed by atoms with van der Waals surface area (Å²) in [6.07, 6.45) is 5.21. The van der Waals surface area contributed by atoms with Crippen molar-refractivity contribution >= 4 is 22.2 Å². The van der Waals surface area contributed by atoms with E-state index in [1.54, 1.807) is 11.3 Å². The fourth-order valence-corrected chi connectivity index (χ4v) is 3.66. The number of amides is 1. The highest BCUT2D eigenvalue weighted by atomic mass is 32.1. The van der Waals surface area contributed by atoms with Crippen molar-refractivity contribution in [3.8, 4) is 0 Å². The van der Waals surface area contributed by atoms with Crippen LogP contribution in [0.5, 0.6) is 0 Å². The Hall–Kier alpha value is -1.44. The van der Waals surface area contributed by atoms with Gasteiger partial charge in [-0.3, -0.25) is 14.1 Å². The van der Waals surface area contributed by atoms with Gasteiger partial charge < -0.3 is 10.1 Å². The molecule has 0 saturated carbocycles. The number of imidazole rings is 1. The Bertz CT molecular complexity index is 633. The summed E-state index contributed by atoms with van der Waals surface area (Å²) in [5.74, 6) is 0.0312. The Balaban J connectivity index is 1.55. The van der Waals surface area contributed by atoms with Gasteiger partial charge in [-0.05, 0) is 13.3 Å². The maximum Gasteiger partial charge on any atom is 0.226 e. The molecule has 1 N–H and O–H groups in total. The summed E-state index contributed by atoms with van der Waals surface area (Å²) >= 11 is 1.58. The number of ether oxygens (including phenoxy) is 1. The number of aromatic nitrogens is 2. The molecule has 7 heteroatoms. The van der Waals surface area contributed by atoms with Gasteiger partial charge in [-0.25, -0.2) is 4.98 Å². The largest absolute Gasteiger partial charge is 0.379 e. The molecule has 3 heterocycles. The van der Waals surface area contributed by atoms with E-state index in [0.717, 1.165) is 43.4 Å². The van der Waals surface area contributed by atoms with Crippen molar-refractivity contribution in [3.63, 3.8) is 0 Å². The van der Waals surface area contributed by atoms with Gasteiger partial charge in [0.15, 0.2) is 4.96 Å². The van der Waals surface area contributed by atoms with Gasteiger partial charge >= 0.3 is 0 Å². The second-order valence-electron chi connectivity index (χ2n) is 6.23. The van der Waals surface area contributed by atoms with E-state index in [1.165, 1.54) is 0 Å². The van der Waals surface area contributed by atoms with E-state index in [2.05, 4.69) is 29.0 Å². The molecule has 0 aromatic carbocycles. The molecular weight excluding hydrogens is 312 g/mol. The highest BCUT2D eigenvalue weighted by molar-refractivity contribution is 7.15. The van der Waals surface area contributed by atoms with Gasteiger partial charge in [0.2, 0.25) is 5.91 Å². The molecule has 1 aliphatic rings. The molecule has 0 aliphatic carbocycles. The van der Waals surface area contributed by atoms with Crippen molar-refractivity contribution in [2.45, 2.75) is 32.2 Å². The molecule has 0 bridgehead atoms. The number of rotatable bonds is 6. The highest BCUT2D eigenvalue weighted by Crippen LogP contribution is 2.20. The Morgan fingerprint density at radius 1 is 1.48 bits per heavy atom. The lowest BCUT2D eigenvalue weighted by Crippen LogP contribution is -2.57. The molecule has 0 spiro atoms. The highest BCUT2D eigenvalue weighted by Gasteiger charge is 2.31. The smallest absolute Gasteiger partial charge is 0.226 e. The topological polar surface area (TPSA) is 58.9 Å². The van der Waals surface area contributed by atoms with Crippen LogP contribution >= 0.6 is 11.3 Å². The number of carbonyl (C=O) groups excluding carboxylic acids is 1. The van der Waals surface area contributed by atoms with Gasteiger partial charge in [0.25, 0.3) is 0 Å². The van der Waals surface area contributed by atoms with Crippen LogP contribution < -0.4 is 5.32 Å². The standard InChI is InChI=1S/C16H24N4O2S/c1-3-16(2,20-4-7-22-8-5-20)12-17-14(21)10-13-11-19-6-9-23-15(19)18-13/h6,9,11H,3-5,7-8,10,12H2,1-2H3,(H,17,21)/t16-/m0/s1. The minimum absolute atomic E-state index is 0.0199. The van der Waals surface area contributed by atoms with Crippen LogP contribution in [0.4, 0.5) is 0 Å². The summed E-state index contributed by atoms with van der Waals surface area (Å²) < 4.78 is 7.38. The Morgan fingerprint density at radius 3 is 2.96 bits per heavy atom. The quantitative estimate of drug-likeness (QED) is 0.870. The maximum absolute atomic E-state index is 12.3. The lowest BCUT2D eigenvalue weighted by molar-refractivity contribution is -0.121. The van der Waals surface area contributed by atoms with Crippen LogP contribution in [0.3, 0.4) is 0 Å². The molecule has 0 unspecified atom stereocenters. The third kappa shape index (κ3) is 3.73. The van der Waals surface area contributed by atoms with E-state index in [4.69, 9.17) is 4.74 Å². The number of nitrogens with zero attached hydrogens (tertiary/aromatic N) is 3. The molecule has 1 aliphatic heterocycles. The zero-order chi connectivity index (χ0) is 16.3. The van der Waals surface area contributed by atoms with Crippen LogP contribution in [-0.2, 0) is 16.0 Å². The van der Waals surface area contributed by atoms with E-state index in [9.17, 15) is 4.79 Å². The zero-order valence-corrected chi connectivity index (χ0v) is 14.6. The number of nitrogens with one attached hydrogen (secondary N) is 1. The van der Waals surface area contributed by atoms with Crippen LogP contribution in [-0.4, -0.2) is 58.6 Å². The lowest BCUT2D eigenvalue weighted by atomic mass is 9.95. The fraction of sp³-hybridized carbons (Fsp3) is 0.625. The van der Waals surface area contributed by atoms with Crippen molar-refractivity contribution in [1.29, 1.82) is 0 Å². The molecular formula is C16H24N4O2S. The van der Waals surface area contributed by atoms with Gasteiger partial charge in [0.1, 0.15) is 0 Å². The first-order chi connectivity index (χ1) is 11.1. The van der Waals surface area contributed by atoms with Crippen molar-refractivity contribution in [3.05, 3.63) is 23.5 Å². The van der Waals surface area contributed by atoms with Crippen LogP contribution in [0.15, 0.2) is 17.8 Å². The number of morpholine rings is 1. The summed E-state index contributed by atoms with van der Waals surface area (Å²) in [4.78, 5) is 20.1. The number of carbonyl (C=O) groups is 1. The van der Waals surface area contributed by atoms with Gasteiger partial charge in [0.05, 0.1) is 25.3 Å². The monoisotopic (exact) mass is 336 g/mol. The summed E-state index contributed by atoms with van der Waals surface area (Å²) in [6, 6.07) is 0. The molecule has 0 radical (unpaired) electrons. The predicted octanol–water partition coefficient (Wildman–Crippen LogP) is 1.56. The van der Waals surface area contributed by atoms with Gasteiger partial charge in [-0.2, -0.15) is 0 Å². The molecule has 1 amide bonds. The lowest BCUT2D eigenvalue weighted by Gasteiger charge is -2.43. The first-order valence-corrected chi connectivity index (χ1v) is 8.99. The summed E-state index contributed by atoms with van der Waals surface area (Å²) in [6.45, 7) is 8.44. The summed E-state index contributed by atoms with van der Waals surface area (Å²) in [7, 11) is 0. The predicted molar refractivity (Wildman–Crippen MR) is 90.9 cm³/mol. The normalized spacial score (nSPS) is 18.9. The van der Waals surface area contributed by atoms with Crippen molar-refractivity contribution in [2.24, 2.45) is 0 Å². The third-order valence-corrected chi connectivity index (χ3v) is 5.46.